The number of benzene rings is 2. The molecule has 0 bridgehead atoms. The van der Waals surface area contributed by atoms with Gasteiger partial charge in [-0.25, -0.2) is 0 Å². The van der Waals surface area contributed by atoms with Crippen molar-refractivity contribution in [3.63, 3.8) is 0 Å². The number of hydrogen-bond donors (Lipinski definition) is 1. The molecule has 0 saturated carbocycles. The smallest absolute Gasteiger partial charge is 0.242 e. The first-order valence-electron chi connectivity index (χ1n) is 11.3. The first-order chi connectivity index (χ1) is 14.6. The summed E-state index contributed by atoms with van der Waals surface area (Å²) >= 11 is 0. The average Bonchev–Trinajstić information content (AvgIpc) is 2.74. The van der Waals surface area contributed by atoms with Crippen LogP contribution in [0.25, 0.3) is 0 Å². The molecule has 0 spiro atoms. The molecular weight excluding hydrogens is 384 g/mol. The van der Waals surface area contributed by atoms with Gasteiger partial charge in [-0.1, -0.05) is 89.2 Å². The summed E-state index contributed by atoms with van der Waals surface area (Å²) in [5, 5.41) is 2.96. The van der Waals surface area contributed by atoms with E-state index in [9.17, 15) is 9.59 Å². The molecule has 0 radical (unpaired) electrons. The normalized spacial score (nSPS) is 12.5. The minimum Gasteiger partial charge on any atom is -0.354 e. The lowest BCUT2D eigenvalue weighted by Crippen LogP contribution is -2.48. The first kappa shape index (κ1) is 24.6. The highest BCUT2D eigenvalue weighted by Crippen LogP contribution is 2.22. The second kappa shape index (κ2) is 11.1. The molecule has 0 saturated heterocycles. The maximum absolute atomic E-state index is 13.2. The lowest BCUT2D eigenvalue weighted by Gasteiger charge is -2.29. The number of nitrogens with zero attached hydrogens (tertiary/aromatic N) is 1. The summed E-state index contributed by atoms with van der Waals surface area (Å²) in [6.07, 6.45) is 1.04. The molecule has 4 heteroatoms. The molecule has 31 heavy (non-hydrogen) atoms. The van der Waals surface area contributed by atoms with E-state index in [-0.39, 0.29) is 17.2 Å². The Morgan fingerprint density at radius 1 is 0.903 bits per heavy atom. The summed E-state index contributed by atoms with van der Waals surface area (Å²) in [5.74, 6) is 0.258. The lowest BCUT2D eigenvalue weighted by molar-refractivity contribution is -0.140. The topological polar surface area (TPSA) is 49.4 Å². The Hall–Kier alpha value is -2.62. The van der Waals surface area contributed by atoms with Crippen molar-refractivity contribution in [3.05, 3.63) is 71.3 Å². The van der Waals surface area contributed by atoms with Crippen molar-refractivity contribution >= 4 is 11.8 Å². The summed E-state index contributed by atoms with van der Waals surface area (Å²) < 4.78 is 0. The number of rotatable bonds is 9. The van der Waals surface area contributed by atoms with Gasteiger partial charge in [0.05, 0.1) is 0 Å². The fourth-order valence-corrected chi connectivity index (χ4v) is 3.38. The Morgan fingerprint density at radius 2 is 1.52 bits per heavy atom. The molecule has 0 aromatic heterocycles. The minimum atomic E-state index is -0.519. The molecule has 2 aromatic carbocycles. The SMILES string of the molecule is CC(C)CNC(=O)[C@@H](C)N(Cc1ccccc1)C(=O)CCc1ccc(C(C)(C)C)cc1. The summed E-state index contributed by atoms with van der Waals surface area (Å²) in [7, 11) is 0. The van der Waals surface area contributed by atoms with E-state index in [0.717, 1.165) is 11.1 Å². The zero-order valence-corrected chi connectivity index (χ0v) is 19.9. The van der Waals surface area contributed by atoms with Crippen molar-refractivity contribution in [1.82, 2.24) is 10.2 Å². The van der Waals surface area contributed by atoms with E-state index in [4.69, 9.17) is 0 Å². The average molecular weight is 423 g/mol. The molecule has 0 aliphatic carbocycles. The van der Waals surface area contributed by atoms with E-state index in [2.05, 4.69) is 64.2 Å². The van der Waals surface area contributed by atoms with E-state index in [1.54, 1.807) is 4.90 Å². The van der Waals surface area contributed by atoms with Crippen LogP contribution in [0, 0.1) is 5.92 Å². The van der Waals surface area contributed by atoms with Gasteiger partial charge in [0.1, 0.15) is 6.04 Å². The quantitative estimate of drug-likeness (QED) is 0.611. The van der Waals surface area contributed by atoms with E-state index >= 15 is 0 Å². The molecule has 2 amide bonds. The van der Waals surface area contributed by atoms with Crippen molar-refractivity contribution in [3.8, 4) is 0 Å². The number of hydrogen-bond acceptors (Lipinski definition) is 2. The van der Waals surface area contributed by atoms with Crippen LogP contribution in [0.5, 0.6) is 0 Å². The Bertz CT molecular complexity index is 836. The van der Waals surface area contributed by atoms with Crippen molar-refractivity contribution in [2.45, 2.75) is 72.4 Å². The molecule has 1 N–H and O–H groups in total. The Balaban J connectivity index is 2.09. The van der Waals surface area contributed by atoms with Gasteiger partial charge in [-0.15, -0.1) is 0 Å². The third kappa shape index (κ3) is 7.86. The van der Waals surface area contributed by atoms with E-state index < -0.39 is 6.04 Å². The van der Waals surface area contributed by atoms with Crippen LogP contribution in [0.1, 0.15) is 64.7 Å². The van der Waals surface area contributed by atoms with Crippen molar-refractivity contribution < 1.29 is 9.59 Å². The first-order valence-corrected chi connectivity index (χ1v) is 11.3. The molecule has 0 aliphatic rings. The third-order valence-electron chi connectivity index (χ3n) is 5.50. The van der Waals surface area contributed by atoms with Gasteiger partial charge in [-0.2, -0.15) is 0 Å². The largest absolute Gasteiger partial charge is 0.354 e. The zero-order chi connectivity index (χ0) is 23.0. The van der Waals surface area contributed by atoms with Crippen LogP contribution >= 0.6 is 0 Å². The summed E-state index contributed by atoms with van der Waals surface area (Å²) in [6, 6.07) is 17.8. The van der Waals surface area contributed by atoms with Crippen LogP contribution in [0.3, 0.4) is 0 Å². The van der Waals surface area contributed by atoms with Gasteiger partial charge in [0.2, 0.25) is 11.8 Å². The Morgan fingerprint density at radius 3 is 2.06 bits per heavy atom. The predicted octanol–water partition coefficient (Wildman–Crippen LogP) is 5.11. The van der Waals surface area contributed by atoms with Gasteiger partial charge in [-0.05, 0) is 41.4 Å². The maximum atomic E-state index is 13.2. The second-order valence-electron chi connectivity index (χ2n) is 9.77. The zero-order valence-electron chi connectivity index (χ0n) is 19.9. The lowest BCUT2D eigenvalue weighted by atomic mass is 9.86. The van der Waals surface area contributed by atoms with Crippen LogP contribution in [0.4, 0.5) is 0 Å². The molecule has 0 fully saturated rings. The summed E-state index contributed by atoms with van der Waals surface area (Å²) in [4.78, 5) is 27.6. The van der Waals surface area contributed by atoms with Crippen LogP contribution < -0.4 is 5.32 Å². The number of nitrogens with one attached hydrogen (secondary N) is 1. The molecule has 2 rings (SSSR count). The standard InChI is InChI=1S/C27H38N2O2/c1-20(2)18-28-26(31)21(3)29(19-23-10-8-7-9-11-23)25(30)17-14-22-12-15-24(16-13-22)27(4,5)6/h7-13,15-16,20-21H,14,17-19H2,1-6H3,(H,28,31)/t21-/m1/s1. The number of carbonyl (C=O) groups is 2. The molecular formula is C27H38N2O2. The molecule has 1 atom stereocenters. The number of aryl methyl sites for hydroxylation is 1. The molecule has 168 valence electrons. The van der Waals surface area contributed by atoms with Crippen molar-refractivity contribution in [2.24, 2.45) is 5.92 Å². The van der Waals surface area contributed by atoms with E-state index in [1.165, 1.54) is 5.56 Å². The van der Waals surface area contributed by atoms with Crippen LogP contribution in [0.15, 0.2) is 54.6 Å². The van der Waals surface area contributed by atoms with Gasteiger partial charge in [-0.3, -0.25) is 9.59 Å². The van der Waals surface area contributed by atoms with Crippen LogP contribution in [-0.4, -0.2) is 29.3 Å². The minimum absolute atomic E-state index is 0.00375. The maximum Gasteiger partial charge on any atom is 0.242 e. The highest BCUT2D eigenvalue weighted by Gasteiger charge is 2.26. The fourth-order valence-electron chi connectivity index (χ4n) is 3.38. The summed E-state index contributed by atoms with van der Waals surface area (Å²) in [6.45, 7) is 13.5. The Labute approximate surface area is 188 Å². The van der Waals surface area contributed by atoms with Gasteiger partial charge >= 0.3 is 0 Å². The van der Waals surface area contributed by atoms with Gasteiger partial charge in [0.25, 0.3) is 0 Å². The van der Waals surface area contributed by atoms with Gasteiger partial charge < -0.3 is 10.2 Å². The van der Waals surface area contributed by atoms with Crippen LogP contribution in [-0.2, 0) is 28.0 Å². The van der Waals surface area contributed by atoms with E-state index in [0.29, 0.717) is 31.8 Å². The summed E-state index contributed by atoms with van der Waals surface area (Å²) in [5.41, 5.74) is 3.55. The molecule has 0 unspecified atom stereocenters. The molecule has 0 aliphatic heterocycles. The third-order valence-corrected chi connectivity index (χ3v) is 5.50. The van der Waals surface area contributed by atoms with Gasteiger partial charge in [0, 0.05) is 19.5 Å². The van der Waals surface area contributed by atoms with E-state index in [1.807, 2.05) is 37.3 Å². The number of amides is 2. The fraction of sp³-hybridized carbons (Fsp3) is 0.481. The highest BCUT2D eigenvalue weighted by atomic mass is 16.2. The van der Waals surface area contributed by atoms with Crippen molar-refractivity contribution in [1.29, 1.82) is 0 Å². The second-order valence-corrected chi connectivity index (χ2v) is 9.77. The number of carbonyl (C=O) groups excluding carboxylic acids is 2. The molecule has 0 heterocycles. The van der Waals surface area contributed by atoms with Gasteiger partial charge in [0.15, 0.2) is 0 Å². The Kier molecular flexibility index (Phi) is 8.85. The van der Waals surface area contributed by atoms with Crippen LogP contribution in [0.2, 0.25) is 0 Å². The highest BCUT2D eigenvalue weighted by molar-refractivity contribution is 5.87. The van der Waals surface area contributed by atoms with Crippen molar-refractivity contribution in [2.75, 3.05) is 6.54 Å². The predicted molar refractivity (Wildman–Crippen MR) is 128 cm³/mol. The molecule has 4 nitrogen and oxygen atoms in total. The molecule has 2 aromatic rings. The monoisotopic (exact) mass is 422 g/mol.